The van der Waals surface area contributed by atoms with Crippen molar-refractivity contribution in [1.82, 2.24) is 20.7 Å². The number of hydrogen-bond acceptors (Lipinski definition) is 4. The lowest BCUT2D eigenvalue weighted by molar-refractivity contribution is 0.119. The normalized spacial score (nSPS) is 20.5. The van der Waals surface area contributed by atoms with Crippen molar-refractivity contribution in [2.45, 2.75) is 83.3 Å². The third kappa shape index (κ3) is 6.62. The third-order valence-corrected chi connectivity index (χ3v) is 5.78. The number of nitrogens with zero attached hydrogens (tertiary/aromatic N) is 3. The van der Waals surface area contributed by atoms with Crippen molar-refractivity contribution < 1.29 is 4.52 Å². The van der Waals surface area contributed by atoms with E-state index in [1.54, 1.807) is 0 Å². The molecule has 0 unspecified atom stereocenters. The molecule has 2 aliphatic rings. The lowest BCUT2D eigenvalue weighted by Gasteiger charge is -2.39. The van der Waals surface area contributed by atoms with Crippen molar-refractivity contribution >= 4 is 29.9 Å². The molecule has 1 aromatic heterocycles. The van der Waals surface area contributed by atoms with Gasteiger partial charge in [0.05, 0.1) is 12.2 Å². The average Bonchev–Trinajstić information content (AvgIpc) is 3.16. The zero-order valence-corrected chi connectivity index (χ0v) is 19.4. The van der Waals surface area contributed by atoms with Gasteiger partial charge in [-0.15, -0.1) is 24.0 Å². The van der Waals surface area contributed by atoms with E-state index in [0.717, 1.165) is 23.5 Å². The van der Waals surface area contributed by atoms with Gasteiger partial charge in [0.25, 0.3) is 0 Å². The molecule has 1 aromatic rings. The van der Waals surface area contributed by atoms with Gasteiger partial charge in [-0.25, -0.2) is 0 Å². The average molecular weight is 489 g/mol. The molecule has 0 spiro atoms. The number of likely N-dealkylation sites (tertiary alicyclic amines) is 1. The van der Waals surface area contributed by atoms with E-state index in [9.17, 15) is 0 Å². The number of nitrogens with one attached hydrogen (secondary N) is 2. The van der Waals surface area contributed by atoms with Gasteiger partial charge in [0, 0.05) is 38.3 Å². The number of rotatable bonds is 5. The summed E-state index contributed by atoms with van der Waals surface area (Å²) in [5.74, 6) is 2.09. The van der Waals surface area contributed by atoms with Crippen LogP contribution in [0.5, 0.6) is 0 Å². The molecule has 2 fully saturated rings. The zero-order chi connectivity index (χ0) is 18.4. The van der Waals surface area contributed by atoms with Gasteiger partial charge in [-0.2, -0.15) is 0 Å². The molecule has 2 N–H and O–H groups in total. The van der Waals surface area contributed by atoms with Crippen LogP contribution in [-0.4, -0.2) is 48.2 Å². The molecular weight excluding hydrogens is 453 g/mol. The van der Waals surface area contributed by atoms with E-state index in [4.69, 9.17) is 4.52 Å². The lowest BCUT2D eigenvalue weighted by Crippen LogP contribution is -2.50. The fraction of sp³-hybridized carbons (Fsp3) is 0.800. The van der Waals surface area contributed by atoms with E-state index in [0.29, 0.717) is 18.5 Å². The highest BCUT2D eigenvalue weighted by Crippen LogP contribution is 2.25. The Bertz CT molecular complexity index is 575. The quantitative estimate of drug-likeness (QED) is 0.374. The molecule has 27 heavy (non-hydrogen) atoms. The lowest BCUT2D eigenvalue weighted by atomic mass is 9.92. The minimum Gasteiger partial charge on any atom is -0.359 e. The molecule has 1 aliphatic carbocycles. The summed E-state index contributed by atoms with van der Waals surface area (Å²) < 4.78 is 5.39. The van der Waals surface area contributed by atoms with E-state index >= 15 is 0 Å². The predicted molar refractivity (Wildman–Crippen MR) is 121 cm³/mol. The van der Waals surface area contributed by atoms with Gasteiger partial charge in [-0.3, -0.25) is 4.99 Å². The van der Waals surface area contributed by atoms with Crippen LogP contribution in [0.15, 0.2) is 15.6 Å². The van der Waals surface area contributed by atoms with E-state index in [1.165, 1.54) is 58.0 Å². The summed E-state index contributed by atoms with van der Waals surface area (Å²) >= 11 is 0. The highest BCUT2D eigenvalue weighted by atomic mass is 127. The van der Waals surface area contributed by atoms with Crippen molar-refractivity contribution in [3.05, 3.63) is 17.5 Å². The van der Waals surface area contributed by atoms with Crippen LogP contribution in [0, 0.1) is 0 Å². The molecule has 1 saturated carbocycles. The van der Waals surface area contributed by atoms with Gasteiger partial charge in [0.1, 0.15) is 0 Å². The van der Waals surface area contributed by atoms with Gasteiger partial charge in [-0.1, -0.05) is 38.3 Å². The fourth-order valence-corrected chi connectivity index (χ4v) is 4.10. The SMILES string of the molecule is CN=C(NCc1cc(C(C)C)no1)NC1CCN(C2CCCCC2)CC1.I. The number of halogens is 1. The minimum atomic E-state index is 0. The molecule has 6 nitrogen and oxygen atoms in total. The summed E-state index contributed by atoms with van der Waals surface area (Å²) in [6, 6.07) is 3.36. The van der Waals surface area contributed by atoms with Crippen LogP contribution in [0.4, 0.5) is 0 Å². The van der Waals surface area contributed by atoms with Crippen LogP contribution < -0.4 is 10.6 Å². The van der Waals surface area contributed by atoms with Crippen LogP contribution in [0.3, 0.4) is 0 Å². The highest BCUT2D eigenvalue weighted by Gasteiger charge is 2.26. The van der Waals surface area contributed by atoms with Crippen LogP contribution in [0.25, 0.3) is 0 Å². The molecule has 0 atom stereocenters. The summed E-state index contributed by atoms with van der Waals surface area (Å²) in [6.07, 6.45) is 9.45. The van der Waals surface area contributed by atoms with Gasteiger partial charge in [0.15, 0.2) is 11.7 Å². The monoisotopic (exact) mass is 489 g/mol. The van der Waals surface area contributed by atoms with Crippen molar-refractivity contribution in [2.75, 3.05) is 20.1 Å². The summed E-state index contributed by atoms with van der Waals surface area (Å²) in [6.45, 7) is 7.27. The molecule has 154 valence electrons. The summed E-state index contributed by atoms with van der Waals surface area (Å²) in [5.41, 5.74) is 1.000. The number of aliphatic imine (C=N–C) groups is 1. The number of hydrogen-bond donors (Lipinski definition) is 2. The topological polar surface area (TPSA) is 65.7 Å². The third-order valence-electron chi connectivity index (χ3n) is 5.78. The Balaban J connectivity index is 0.00000261. The van der Waals surface area contributed by atoms with Crippen molar-refractivity contribution in [3.8, 4) is 0 Å². The van der Waals surface area contributed by atoms with Crippen molar-refractivity contribution in [2.24, 2.45) is 4.99 Å². The smallest absolute Gasteiger partial charge is 0.191 e. The first-order valence-corrected chi connectivity index (χ1v) is 10.3. The summed E-state index contributed by atoms with van der Waals surface area (Å²) in [5, 5.41) is 11.0. The maximum atomic E-state index is 5.39. The second kappa shape index (κ2) is 11.2. The fourth-order valence-electron chi connectivity index (χ4n) is 4.10. The molecule has 3 rings (SSSR count). The Hall–Kier alpha value is -0.830. The van der Waals surface area contributed by atoms with E-state index in [2.05, 4.69) is 39.5 Å². The predicted octanol–water partition coefficient (Wildman–Crippen LogP) is 3.88. The van der Waals surface area contributed by atoms with Gasteiger partial charge in [-0.05, 0) is 31.6 Å². The molecule has 1 aliphatic heterocycles. The van der Waals surface area contributed by atoms with E-state index in [1.807, 2.05) is 13.1 Å². The van der Waals surface area contributed by atoms with Crippen LogP contribution in [0.2, 0.25) is 0 Å². The maximum Gasteiger partial charge on any atom is 0.191 e. The molecular formula is C20H36IN5O. The minimum absolute atomic E-state index is 0. The Morgan fingerprint density at radius 1 is 1.22 bits per heavy atom. The molecule has 2 heterocycles. The molecule has 1 saturated heterocycles. The van der Waals surface area contributed by atoms with E-state index < -0.39 is 0 Å². The first-order chi connectivity index (χ1) is 12.7. The Labute approximate surface area is 180 Å². The Morgan fingerprint density at radius 2 is 1.93 bits per heavy atom. The largest absolute Gasteiger partial charge is 0.359 e. The first kappa shape index (κ1) is 22.5. The van der Waals surface area contributed by atoms with Crippen LogP contribution in [0.1, 0.15) is 76.2 Å². The highest BCUT2D eigenvalue weighted by molar-refractivity contribution is 14.0. The second-order valence-corrected chi connectivity index (χ2v) is 8.04. The van der Waals surface area contributed by atoms with Gasteiger partial charge < -0.3 is 20.1 Å². The number of guanidine groups is 1. The van der Waals surface area contributed by atoms with Gasteiger partial charge >= 0.3 is 0 Å². The van der Waals surface area contributed by atoms with Crippen LogP contribution in [-0.2, 0) is 6.54 Å². The molecule has 0 aromatic carbocycles. The summed E-state index contributed by atoms with van der Waals surface area (Å²) in [7, 11) is 1.83. The maximum absolute atomic E-state index is 5.39. The Kier molecular flexibility index (Phi) is 9.35. The molecule has 0 amide bonds. The molecule has 0 bridgehead atoms. The number of aromatic nitrogens is 1. The molecule has 0 radical (unpaired) electrons. The van der Waals surface area contributed by atoms with Gasteiger partial charge in [0.2, 0.25) is 0 Å². The first-order valence-electron chi connectivity index (χ1n) is 10.3. The zero-order valence-electron chi connectivity index (χ0n) is 17.0. The standard InChI is InChI=1S/C20H35N5O.HI/c1-15(2)19-13-18(26-24-19)14-22-20(21-3)23-16-9-11-25(12-10-16)17-7-5-4-6-8-17;/h13,15-17H,4-12,14H2,1-3H3,(H2,21,22,23);1H. The van der Waals surface area contributed by atoms with Crippen molar-refractivity contribution in [1.29, 1.82) is 0 Å². The Morgan fingerprint density at radius 3 is 2.52 bits per heavy atom. The molecule has 7 heteroatoms. The second-order valence-electron chi connectivity index (χ2n) is 8.04. The summed E-state index contributed by atoms with van der Waals surface area (Å²) in [4.78, 5) is 7.08. The van der Waals surface area contributed by atoms with Crippen molar-refractivity contribution in [3.63, 3.8) is 0 Å². The number of piperidine rings is 1. The van der Waals surface area contributed by atoms with E-state index in [-0.39, 0.29) is 24.0 Å². The van der Waals surface area contributed by atoms with Crippen LogP contribution >= 0.6 is 24.0 Å².